The van der Waals surface area contributed by atoms with Gasteiger partial charge >= 0.3 is 0 Å². The van der Waals surface area contributed by atoms with Gasteiger partial charge in [0.1, 0.15) is 0 Å². The van der Waals surface area contributed by atoms with E-state index >= 15 is 0 Å². The molecule has 0 aliphatic heterocycles. The van der Waals surface area contributed by atoms with Crippen LogP contribution in [0.2, 0.25) is 0 Å². The minimum Gasteiger partial charge on any atom is -0.399 e. The summed E-state index contributed by atoms with van der Waals surface area (Å²) >= 11 is 0. The number of hydrogen-bond acceptors (Lipinski definition) is 2. The van der Waals surface area contributed by atoms with Crippen molar-refractivity contribution in [3.05, 3.63) is 24.3 Å². The van der Waals surface area contributed by atoms with Crippen LogP contribution in [0.5, 0.6) is 0 Å². The summed E-state index contributed by atoms with van der Waals surface area (Å²) < 4.78 is 0. The van der Waals surface area contributed by atoms with E-state index in [1.54, 1.807) is 0 Å². The molecule has 14 heavy (non-hydrogen) atoms. The van der Waals surface area contributed by atoms with E-state index in [1.807, 2.05) is 12.1 Å². The van der Waals surface area contributed by atoms with Crippen molar-refractivity contribution in [2.24, 2.45) is 11.8 Å². The Balaban J connectivity index is 1.64. The summed E-state index contributed by atoms with van der Waals surface area (Å²) in [7, 11) is 0. The molecule has 0 heterocycles. The van der Waals surface area contributed by atoms with Crippen LogP contribution in [0.15, 0.2) is 24.3 Å². The number of anilines is 2. The van der Waals surface area contributed by atoms with Crippen LogP contribution in [-0.2, 0) is 0 Å². The molecule has 2 saturated carbocycles. The molecule has 3 rings (SSSR count). The monoisotopic (exact) mass is 188 g/mol. The van der Waals surface area contributed by atoms with Gasteiger partial charge in [0.05, 0.1) is 0 Å². The highest BCUT2D eigenvalue weighted by Gasteiger charge is 2.45. The van der Waals surface area contributed by atoms with Crippen molar-refractivity contribution in [2.45, 2.75) is 25.3 Å². The molecule has 2 fully saturated rings. The third kappa shape index (κ3) is 1.45. The lowest BCUT2D eigenvalue weighted by molar-refractivity contribution is 0.652. The summed E-state index contributed by atoms with van der Waals surface area (Å²) in [5.41, 5.74) is 7.69. The summed E-state index contributed by atoms with van der Waals surface area (Å²) in [6, 6.07) is 8.76. The van der Waals surface area contributed by atoms with Crippen molar-refractivity contribution in [2.75, 3.05) is 11.1 Å². The molecule has 0 spiro atoms. The number of rotatable bonds is 2. The molecule has 1 aromatic rings. The standard InChI is InChI=1S/C12H16N2/c13-10-1-3-11(4-2-10)14-12-6-8-5-9(8)7-12/h1-4,8-9,12,14H,5-7,13H2. The van der Waals surface area contributed by atoms with Gasteiger partial charge < -0.3 is 11.1 Å². The van der Waals surface area contributed by atoms with Crippen LogP contribution < -0.4 is 11.1 Å². The largest absolute Gasteiger partial charge is 0.399 e. The van der Waals surface area contributed by atoms with E-state index in [4.69, 9.17) is 5.73 Å². The molecular formula is C12H16N2. The Kier molecular flexibility index (Phi) is 1.69. The van der Waals surface area contributed by atoms with Gasteiger partial charge in [0.15, 0.2) is 0 Å². The quantitative estimate of drug-likeness (QED) is 0.700. The molecule has 0 saturated heterocycles. The molecule has 1 aromatic carbocycles. The molecule has 2 nitrogen and oxygen atoms in total. The van der Waals surface area contributed by atoms with Crippen molar-refractivity contribution in [1.82, 2.24) is 0 Å². The maximum Gasteiger partial charge on any atom is 0.0343 e. The van der Waals surface area contributed by atoms with Gasteiger partial charge in [-0.15, -0.1) is 0 Å². The lowest BCUT2D eigenvalue weighted by Crippen LogP contribution is -2.16. The Morgan fingerprint density at radius 1 is 1.00 bits per heavy atom. The molecule has 3 N–H and O–H groups in total. The predicted octanol–water partition coefficient (Wildman–Crippen LogP) is 2.48. The number of nitrogens with two attached hydrogens (primary N) is 1. The normalized spacial score (nSPS) is 33.9. The molecule has 0 radical (unpaired) electrons. The second-order valence-corrected chi connectivity index (χ2v) is 4.69. The number of benzene rings is 1. The van der Waals surface area contributed by atoms with E-state index in [2.05, 4.69) is 17.4 Å². The fraction of sp³-hybridized carbons (Fsp3) is 0.500. The van der Waals surface area contributed by atoms with Crippen molar-refractivity contribution in [3.8, 4) is 0 Å². The van der Waals surface area contributed by atoms with Gasteiger partial charge in [0, 0.05) is 17.4 Å². The lowest BCUT2D eigenvalue weighted by Gasteiger charge is -2.15. The highest BCUT2D eigenvalue weighted by Crippen LogP contribution is 2.52. The Morgan fingerprint density at radius 2 is 1.64 bits per heavy atom. The van der Waals surface area contributed by atoms with E-state index in [-0.39, 0.29) is 0 Å². The second kappa shape index (κ2) is 2.91. The highest BCUT2D eigenvalue weighted by atomic mass is 14.9. The zero-order valence-corrected chi connectivity index (χ0v) is 8.24. The first-order valence-electron chi connectivity index (χ1n) is 5.43. The van der Waals surface area contributed by atoms with Gasteiger partial charge in [0.25, 0.3) is 0 Å². The third-order valence-electron chi connectivity index (χ3n) is 3.53. The Labute approximate surface area is 84.5 Å². The highest BCUT2D eigenvalue weighted by molar-refractivity contribution is 5.51. The first kappa shape index (κ1) is 8.16. The molecular weight excluding hydrogens is 172 g/mol. The van der Waals surface area contributed by atoms with E-state index in [9.17, 15) is 0 Å². The van der Waals surface area contributed by atoms with Crippen LogP contribution in [0.3, 0.4) is 0 Å². The van der Waals surface area contributed by atoms with Crippen LogP contribution >= 0.6 is 0 Å². The van der Waals surface area contributed by atoms with E-state index in [0.717, 1.165) is 17.5 Å². The topological polar surface area (TPSA) is 38.0 Å². The Hall–Kier alpha value is -1.18. The maximum atomic E-state index is 5.64. The van der Waals surface area contributed by atoms with Gasteiger partial charge in [-0.25, -0.2) is 0 Å². The molecule has 0 aromatic heterocycles. The fourth-order valence-electron chi connectivity index (χ4n) is 2.65. The van der Waals surface area contributed by atoms with Crippen molar-refractivity contribution >= 4 is 11.4 Å². The van der Waals surface area contributed by atoms with Gasteiger partial charge in [-0.2, -0.15) is 0 Å². The first-order valence-corrected chi connectivity index (χ1v) is 5.43. The lowest BCUT2D eigenvalue weighted by atomic mass is 10.1. The molecule has 2 heteroatoms. The average Bonchev–Trinajstić information content (AvgIpc) is 2.79. The molecule has 74 valence electrons. The minimum atomic E-state index is 0.711. The van der Waals surface area contributed by atoms with Crippen LogP contribution in [0, 0.1) is 11.8 Å². The molecule has 2 aliphatic rings. The Morgan fingerprint density at radius 3 is 2.29 bits per heavy atom. The minimum absolute atomic E-state index is 0.711. The van der Waals surface area contributed by atoms with E-state index in [1.165, 1.54) is 24.9 Å². The van der Waals surface area contributed by atoms with Crippen LogP contribution in [0.4, 0.5) is 11.4 Å². The van der Waals surface area contributed by atoms with Gasteiger partial charge in [0.2, 0.25) is 0 Å². The van der Waals surface area contributed by atoms with Crippen LogP contribution in [-0.4, -0.2) is 6.04 Å². The summed E-state index contributed by atoms with van der Waals surface area (Å²) in [6.45, 7) is 0. The predicted molar refractivity (Wildman–Crippen MR) is 59.1 cm³/mol. The van der Waals surface area contributed by atoms with E-state index < -0.39 is 0 Å². The third-order valence-corrected chi connectivity index (χ3v) is 3.53. The maximum absolute atomic E-state index is 5.64. The zero-order chi connectivity index (χ0) is 9.54. The number of nitrogens with one attached hydrogen (secondary N) is 1. The van der Waals surface area contributed by atoms with Gasteiger partial charge in [-0.1, -0.05) is 0 Å². The molecule has 2 aliphatic carbocycles. The molecule has 2 unspecified atom stereocenters. The Bertz CT molecular complexity index is 321. The summed E-state index contributed by atoms with van der Waals surface area (Å²) in [5, 5.41) is 3.57. The molecule has 2 atom stereocenters. The summed E-state index contributed by atoms with van der Waals surface area (Å²) in [6.07, 6.45) is 4.23. The van der Waals surface area contributed by atoms with Gasteiger partial charge in [-0.05, 0) is 55.4 Å². The average molecular weight is 188 g/mol. The molecule has 0 bridgehead atoms. The van der Waals surface area contributed by atoms with Crippen LogP contribution in [0.1, 0.15) is 19.3 Å². The smallest absolute Gasteiger partial charge is 0.0343 e. The van der Waals surface area contributed by atoms with E-state index in [0.29, 0.717) is 6.04 Å². The number of hydrogen-bond donors (Lipinski definition) is 2. The summed E-state index contributed by atoms with van der Waals surface area (Å²) in [4.78, 5) is 0. The molecule has 0 amide bonds. The van der Waals surface area contributed by atoms with Crippen molar-refractivity contribution < 1.29 is 0 Å². The van der Waals surface area contributed by atoms with Crippen molar-refractivity contribution in [1.29, 1.82) is 0 Å². The number of fused-ring (bicyclic) bond motifs is 1. The number of nitrogen functional groups attached to an aromatic ring is 1. The second-order valence-electron chi connectivity index (χ2n) is 4.69. The summed E-state index contributed by atoms with van der Waals surface area (Å²) in [5.74, 6) is 2.09. The first-order chi connectivity index (χ1) is 6.81. The SMILES string of the molecule is Nc1ccc(NC2CC3CC3C2)cc1. The van der Waals surface area contributed by atoms with Gasteiger partial charge in [-0.3, -0.25) is 0 Å². The zero-order valence-electron chi connectivity index (χ0n) is 8.24. The van der Waals surface area contributed by atoms with Crippen LogP contribution in [0.25, 0.3) is 0 Å². The van der Waals surface area contributed by atoms with Crippen molar-refractivity contribution in [3.63, 3.8) is 0 Å². The fourth-order valence-corrected chi connectivity index (χ4v) is 2.65.